The van der Waals surface area contributed by atoms with E-state index >= 15 is 0 Å². The van der Waals surface area contributed by atoms with Crippen LogP contribution in [0, 0.1) is 5.92 Å². The number of nitrogens with one attached hydrogen (secondary N) is 2. The maximum atomic E-state index is 10.6. The van der Waals surface area contributed by atoms with Crippen molar-refractivity contribution >= 4 is 11.9 Å². The highest BCUT2D eigenvalue weighted by Crippen LogP contribution is 2.40. The second-order valence-corrected chi connectivity index (χ2v) is 9.36. The summed E-state index contributed by atoms with van der Waals surface area (Å²) in [5.41, 5.74) is 5.95. The van der Waals surface area contributed by atoms with Crippen LogP contribution in [0.4, 0.5) is 5.82 Å². The molecule has 2 aliphatic heterocycles. The minimum absolute atomic E-state index is 0.149. The van der Waals surface area contributed by atoms with Gasteiger partial charge in [-0.15, -0.1) is 0 Å². The Labute approximate surface area is 196 Å². The van der Waals surface area contributed by atoms with Crippen LogP contribution < -0.4 is 10.1 Å². The summed E-state index contributed by atoms with van der Waals surface area (Å²) in [4.78, 5) is 8.30. The topological polar surface area (TPSA) is 63.8 Å². The Morgan fingerprint density at radius 3 is 2.82 bits per heavy atom. The maximum absolute atomic E-state index is 10.6. The van der Waals surface area contributed by atoms with E-state index in [1.54, 1.807) is 7.11 Å². The van der Waals surface area contributed by atoms with Crippen LogP contribution in [0.25, 0.3) is 17.2 Å². The summed E-state index contributed by atoms with van der Waals surface area (Å²) in [7, 11) is 3.91. The number of benzene rings is 1. The Bertz CT molecular complexity index is 1100. The molecule has 0 radical (unpaired) electrons. The van der Waals surface area contributed by atoms with Gasteiger partial charge >= 0.3 is 0 Å². The molecule has 0 spiro atoms. The number of aromatic nitrogens is 1. The van der Waals surface area contributed by atoms with Crippen molar-refractivity contribution in [2.45, 2.75) is 12.8 Å². The quantitative estimate of drug-likeness (QED) is 0.630. The van der Waals surface area contributed by atoms with Crippen LogP contribution in [0.1, 0.15) is 18.4 Å². The van der Waals surface area contributed by atoms with Crippen molar-refractivity contribution in [3.05, 3.63) is 65.1 Å². The number of para-hydroxylation sites is 1. The van der Waals surface area contributed by atoms with Gasteiger partial charge in [-0.25, -0.2) is 0 Å². The number of ether oxygens (including phenoxy) is 1. The molecule has 1 atom stereocenters. The Morgan fingerprint density at radius 2 is 1.94 bits per heavy atom. The SMILES string of the molecule is COc1ccccc1-c1c[nH]c2c1C=C(C1=CC=C(O)C(CN3CCCN(C)CC3)C1)CN2. The number of methoxy groups -OCH3 is 1. The predicted molar refractivity (Wildman–Crippen MR) is 135 cm³/mol. The van der Waals surface area contributed by atoms with Gasteiger partial charge in [0.1, 0.15) is 11.6 Å². The summed E-state index contributed by atoms with van der Waals surface area (Å²) in [6, 6.07) is 8.13. The number of H-pyrrole nitrogens is 1. The normalized spacial score (nSPS) is 21.9. The summed E-state index contributed by atoms with van der Waals surface area (Å²) in [5, 5.41) is 14.2. The zero-order valence-corrected chi connectivity index (χ0v) is 19.6. The number of hydrogen-bond donors (Lipinski definition) is 3. The average molecular weight is 447 g/mol. The van der Waals surface area contributed by atoms with E-state index in [1.807, 2.05) is 24.3 Å². The molecule has 0 saturated carbocycles. The lowest BCUT2D eigenvalue weighted by Gasteiger charge is -2.29. The Morgan fingerprint density at radius 1 is 1.06 bits per heavy atom. The van der Waals surface area contributed by atoms with E-state index in [0.717, 1.165) is 73.9 Å². The number of aliphatic hydroxyl groups excluding tert-OH is 1. The third-order valence-corrected chi connectivity index (χ3v) is 7.13. The number of aliphatic hydroxyl groups is 1. The molecule has 3 N–H and O–H groups in total. The molecule has 1 fully saturated rings. The molecular formula is C27H34N4O2. The predicted octanol–water partition coefficient (Wildman–Crippen LogP) is 4.52. The minimum atomic E-state index is 0.149. The van der Waals surface area contributed by atoms with Crippen LogP contribution in [-0.4, -0.2) is 73.3 Å². The van der Waals surface area contributed by atoms with Gasteiger partial charge in [-0.3, -0.25) is 0 Å². The second kappa shape index (κ2) is 9.49. The molecule has 3 heterocycles. The maximum Gasteiger partial charge on any atom is 0.126 e. The van der Waals surface area contributed by atoms with Crippen LogP contribution >= 0.6 is 0 Å². The van der Waals surface area contributed by atoms with E-state index in [9.17, 15) is 5.11 Å². The fraction of sp³-hybridized carbons (Fsp3) is 0.407. The molecule has 1 unspecified atom stereocenters. The zero-order valence-electron chi connectivity index (χ0n) is 19.6. The Kier molecular flexibility index (Phi) is 6.29. The third-order valence-electron chi connectivity index (χ3n) is 7.13. The molecule has 3 aliphatic rings. The molecule has 33 heavy (non-hydrogen) atoms. The van der Waals surface area contributed by atoms with Crippen LogP contribution in [0.15, 0.2) is 59.5 Å². The van der Waals surface area contributed by atoms with Gasteiger partial charge in [-0.2, -0.15) is 0 Å². The molecule has 0 amide bonds. The summed E-state index contributed by atoms with van der Waals surface area (Å²) in [5.74, 6) is 2.57. The highest BCUT2D eigenvalue weighted by molar-refractivity contribution is 5.87. The summed E-state index contributed by atoms with van der Waals surface area (Å²) < 4.78 is 5.61. The molecule has 1 saturated heterocycles. The first-order valence-corrected chi connectivity index (χ1v) is 11.9. The number of nitrogens with zero attached hydrogens (tertiary/aromatic N) is 2. The third kappa shape index (κ3) is 4.59. The van der Waals surface area contributed by atoms with Crippen LogP contribution in [0.2, 0.25) is 0 Å². The van der Waals surface area contributed by atoms with Crippen molar-refractivity contribution in [2.75, 3.05) is 58.7 Å². The first-order chi connectivity index (χ1) is 16.1. The standard InChI is InChI=1S/C27H34N4O2/c1-30-10-5-11-31(13-12-30)18-21-14-19(8-9-25(21)32)20-15-23-24(17-29-27(23)28-16-20)22-6-3-4-7-26(22)33-2/h3-4,6-9,15,17,21,28-29,32H,5,10-14,16,18H2,1-2H3. The number of aromatic amines is 1. The van der Waals surface area contributed by atoms with Crippen molar-refractivity contribution < 1.29 is 9.84 Å². The molecule has 0 bridgehead atoms. The van der Waals surface area contributed by atoms with Crippen molar-refractivity contribution in [3.63, 3.8) is 0 Å². The number of allylic oxidation sites excluding steroid dienone is 2. The van der Waals surface area contributed by atoms with Gasteiger partial charge in [0.15, 0.2) is 0 Å². The van der Waals surface area contributed by atoms with Crippen LogP contribution in [0.3, 0.4) is 0 Å². The number of rotatable bonds is 5. The summed E-state index contributed by atoms with van der Waals surface area (Å²) >= 11 is 0. The molecule has 6 heteroatoms. The first-order valence-electron chi connectivity index (χ1n) is 11.9. The van der Waals surface area contributed by atoms with Gasteiger partial charge in [-0.1, -0.05) is 24.3 Å². The van der Waals surface area contributed by atoms with E-state index in [2.05, 4.69) is 51.6 Å². The molecule has 174 valence electrons. The van der Waals surface area contributed by atoms with E-state index in [-0.39, 0.29) is 5.92 Å². The van der Waals surface area contributed by atoms with Crippen molar-refractivity contribution in [1.82, 2.24) is 14.8 Å². The second-order valence-electron chi connectivity index (χ2n) is 9.36. The fourth-order valence-electron chi connectivity index (χ4n) is 5.19. The number of likely N-dealkylation sites (N-methyl/N-ethyl adjacent to an activating group) is 1. The van der Waals surface area contributed by atoms with Gasteiger partial charge in [0.05, 0.1) is 12.9 Å². The van der Waals surface area contributed by atoms with E-state index in [4.69, 9.17) is 4.74 Å². The largest absolute Gasteiger partial charge is 0.512 e. The number of anilines is 1. The molecule has 6 nitrogen and oxygen atoms in total. The van der Waals surface area contributed by atoms with Crippen molar-refractivity contribution in [2.24, 2.45) is 5.92 Å². The van der Waals surface area contributed by atoms with E-state index in [1.165, 1.54) is 17.6 Å². The first kappa shape index (κ1) is 21.9. The molecule has 2 aromatic rings. The van der Waals surface area contributed by atoms with E-state index in [0.29, 0.717) is 5.76 Å². The van der Waals surface area contributed by atoms with Crippen molar-refractivity contribution in [1.29, 1.82) is 0 Å². The monoisotopic (exact) mass is 446 g/mol. The molecule has 1 aromatic heterocycles. The molecular weight excluding hydrogens is 412 g/mol. The summed E-state index contributed by atoms with van der Waals surface area (Å²) in [6.45, 7) is 6.11. The fourth-order valence-corrected chi connectivity index (χ4v) is 5.19. The number of hydrogen-bond acceptors (Lipinski definition) is 5. The van der Waals surface area contributed by atoms with Gasteiger partial charge in [-0.05, 0) is 62.3 Å². The van der Waals surface area contributed by atoms with Gasteiger partial charge in [0, 0.05) is 55.0 Å². The average Bonchev–Trinajstić information content (AvgIpc) is 3.15. The highest BCUT2D eigenvalue weighted by Gasteiger charge is 2.26. The smallest absolute Gasteiger partial charge is 0.126 e. The van der Waals surface area contributed by atoms with Gasteiger partial charge in [0.2, 0.25) is 0 Å². The summed E-state index contributed by atoms with van der Waals surface area (Å²) in [6.07, 6.45) is 10.4. The molecule has 1 aliphatic carbocycles. The lowest BCUT2D eigenvalue weighted by Crippen LogP contribution is -2.34. The Balaban J connectivity index is 1.37. The van der Waals surface area contributed by atoms with Crippen LogP contribution in [-0.2, 0) is 0 Å². The van der Waals surface area contributed by atoms with Crippen molar-refractivity contribution in [3.8, 4) is 16.9 Å². The molecule has 5 rings (SSSR count). The van der Waals surface area contributed by atoms with Gasteiger partial charge < -0.3 is 29.9 Å². The van der Waals surface area contributed by atoms with Crippen LogP contribution in [0.5, 0.6) is 5.75 Å². The minimum Gasteiger partial charge on any atom is -0.512 e. The molecule has 1 aromatic carbocycles. The zero-order chi connectivity index (χ0) is 22.8. The lowest BCUT2D eigenvalue weighted by atomic mass is 9.86. The highest BCUT2D eigenvalue weighted by atomic mass is 16.5. The van der Waals surface area contributed by atoms with Gasteiger partial charge in [0.25, 0.3) is 0 Å². The Hall–Kier alpha value is -2.96. The number of fused-ring (bicyclic) bond motifs is 1. The lowest BCUT2D eigenvalue weighted by molar-refractivity contribution is 0.213. The van der Waals surface area contributed by atoms with E-state index < -0.39 is 0 Å².